The number of carbonyl (C=O) groups is 4. The van der Waals surface area contributed by atoms with Gasteiger partial charge in [0.1, 0.15) is 0 Å². The smallest absolute Gasteiger partial charge is 0.326 e. The Morgan fingerprint density at radius 2 is 1.13 bits per heavy atom. The Hall–Kier alpha value is -2.82. The lowest BCUT2D eigenvalue weighted by molar-refractivity contribution is -0.203. The molecule has 0 aliphatic rings. The van der Waals surface area contributed by atoms with Crippen LogP contribution in [0.5, 0.6) is 0 Å². The zero-order valence-electron chi connectivity index (χ0n) is 19.4. The van der Waals surface area contributed by atoms with Crippen molar-refractivity contribution < 1.29 is 38.1 Å². The third-order valence-corrected chi connectivity index (χ3v) is 4.42. The Morgan fingerprint density at radius 3 is 1.42 bits per heavy atom. The summed E-state index contributed by atoms with van der Waals surface area (Å²) in [6.45, 7) is 13.0. The summed E-state index contributed by atoms with van der Waals surface area (Å²) in [6, 6.07) is 0. The van der Waals surface area contributed by atoms with Gasteiger partial charge in [0.15, 0.2) is 5.41 Å². The predicted octanol–water partition coefficient (Wildman–Crippen LogP) is 2.84. The van der Waals surface area contributed by atoms with Crippen molar-refractivity contribution >= 4 is 23.9 Å². The van der Waals surface area contributed by atoms with Crippen molar-refractivity contribution in [1.29, 1.82) is 0 Å². The Balaban J connectivity index is 7.41. The number of rotatable bonds is 12. The van der Waals surface area contributed by atoms with Gasteiger partial charge in [-0.2, -0.15) is 0 Å². The molecule has 0 radical (unpaired) electrons. The van der Waals surface area contributed by atoms with Crippen LogP contribution in [0.4, 0.5) is 0 Å². The second-order valence-electron chi connectivity index (χ2n) is 6.84. The largest absolute Gasteiger partial charge is 0.465 e. The molecule has 0 aromatic heterocycles. The van der Waals surface area contributed by atoms with Crippen molar-refractivity contribution in [3.8, 4) is 11.8 Å². The maximum absolute atomic E-state index is 13.4. The zero-order valence-corrected chi connectivity index (χ0v) is 19.4. The molecule has 0 N–H and O–H groups in total. The molecule has 0 amide bonds. The van der Waals surface area contributed by atoms with Crippen LogP contribution >= 0.6 is 0 Å². The number of hydrogen-bond acceptors (Lipinski definition) is 8. The molecule has 0 saturated heterocycles. The number of esters is 4. The normalized spacial score (nSPS) is 11.1. The van der Waals surface area contributed by atoms with Gasteiger partial charge in [0.2, 0.25) is 5.41 Å². The molecule has 8 nitrogen and oxygen atoms in total. The SMILES string of the molecule is C=CCC(C(=O)OCC)(C(=O)OCC)C(CC#CC(C)C)(C(=O)OCC)C(=O)OCC. The lowest BCUT2D eigenvalue weighted by Crippen LogP contribution is -2.62. The minimum Gasteiger partial charge on any atom is -0.465 e. The fourth-order valence-electron chi connectivity index (χ4n) is 3.12. The highest BCUT2D eigenvalue weighted by molar-refractivity contribution is 6.15. The molecule has 0 rings (SSSR count). The Labute approximate surface area is 184 Å². The van der Waals surface area contributed by atoms with Crippen LogP contribution in [0.2, 0.25) is 0 Å². The van der Waals surface area contributed by atoms with Gasteiger partial charge in [0.25, 0.3) is 0 Å². The van der Waals surface area contributed by atoms with Crippen LogP contribution in [0, 0.1) is 28.6 Å². The van der Waals surface area contributed by atoms with E-state index in [4.69, 9.17) is 18.9 Å². The zero-order chi connectivity index (χ0) is 24.1. The maximum atomic E-state index is 13.4. The molecule has 8 heteroatoms. The van der Waals surface area contributed by atoms with E-state index < -0.39 is 47.5 Å². The molecule has 0 atom stereocenters. The van der Waals surface area contributed by atoms with Gasteiger partial charge in [0.05, 0.1) is 26.4 Å². The van der Waals surface area contributed by atoms with E-state index in [-0.39, 0.29) is 32.3 Å². The van der Waals surface area contributed by atoms with Gasteiger partial charge in [-0.05, 0) is 34.1 Å². The van der Waals surface area contributed by atoms with E-state index in [9.17, 15) is 19.2 Å². The fourth-order valence-corrected chi connectivity index (χ4v) is 3.12. The van der Waals surface area contributed by atoms with E-state index in [0.29, 0.717) is 0 Å². The van der Waals surface area contributed by atoms with E-state index in [1.807, 2.05) is 13.8 Å². The van der Waals surface area contributed by atoms with Gasteiger partial charge in [0, 0.05) is 12.3 Å². The number of ether oxygens (including phenoxy) is 4. The first kappa shape index (κ1) is 28.2. The first-order valence-electron chi connectivity index (χ1n) is 10.4. The van der Waals surface area contributed by atoms with Crippen LogP contribution in [0.1, 0.15) is 54.4 Å². The summed E-state index contributed by atoms with van der Waals surface area (Å²) in [4.78, 5) is 53.3. The Kier molecular flexibility index (Phi) is 12.3. The van der Waals surface area contributed by atoms with Crippen molar-refractivity contribution in [1.82, 2.24) is 0 Å². The minimum absolute atomic E-state index is 0.0962. The summed E-state index contributed by atoms with van der Waals surface area (Å²) >= 11 is 0. The van der Waals surface area contributed by atoms with Gasteiger partial charge in [-0.25, -0.2) is 0 Å². The number of hydrogen-bond donors (Lipinski definition) is 0. The summed E-state index contributed by atoms with van der Waals surface area (Å²) in [6.07, 6.45) is 0.316. The van der Waals surface area contributed by atoms with E-state index in [0.717, 1.165) is 0 Å². The van der Waals surface area contributed by atoms with Crippen molar-refractivity contribution in [3.05, 3.63) is 12.7 Å². The molecule has 0 fully saturated rings. The molecule has 174 valence electrons. The highest BCUT2D eigenvalue weighted by Crippen LogP contribution is 2.50. The molecule has 0 heterocycles. The molecular formula is C23H34O8. The number of carbonyl (C=O) groups excluding carboxylic acids is 4. The highest BCUT2D eigenvalue weighted by Gasteiger charge is 2.72. The molecule has 0 bridgehead atoms. The van der Waals surface area contributed by atoms with Crippen molar-refractivity contribution in [2.24, 2.45) is 16.7 Å². The molecule has 0 spiro atoms. The second-order valence-corrected chi connectivity index (χ2v) is 6.84. The van der Waals surface area contributed by atoms with Crippen molar-refractivity contribution in [2.75, 3.05) is 26.4 Å². The summed E-state index contributed by atoms with van der Waals surface area (Å²) in [5.74, 6) is 1.07. The molecular weight excluding hydrogens is 404 g/mol. The standard InChI is InChI=1S/C23H34O8/c1-8-15-22(18(24)28-9-2,19(25)29-10-3)23(20(26)30-11-4,21(27)31-12-5)16-13-14-17(6)7/h8,17H,1,9-12,15-16H2,2-7H3. The van der Waals surface area contributed by atoms with Crippen LogP contribution in [-0.2, 0) is 38.1 Å². The summed E-state index contributed by atoms with van der Waals surface area (Å²) in [5, 5.41) is 0. The first-order valence-corrected chi connectivity index (χ1v) is 10.4. The van der Waals surface area contributed by atoms with Gasteiger partial charge < -0.3 is 18.9 Å². The summed E-state index contributed by atoms with van der Waals surface area (Å²) in [5.41, 5.74) is -4.88. The Bertz CT molecular complexity index is 675. The molecule has 0 unspecified atom stereocenters. The molecule has 0 aromatic rings. The lowest BCUT2D eigenvalue weighted by atomic mass is 9.59. The lowest BCUT2D eigenvalue weighted by Gasteiger charge is -2.41. The van der Waals surface area contributed by atoms with Crippen LogP contribution in [0.25, 0.3) is 0 Å². The molecule has 0 aliphatic carbocycles. The third kappa shape index (κ3) is 6.09. The van der Waals surface area contributed by atoms with Gasteiger partial charge in [-0.1, -0.05) is 19.9 Å². The predicted molar refractivity (Wildman–Crippen MR) is 113 cm³/mol. The number of allylic oxidation sites excluding steroid dienone is 1. The third-order valence-electron chi connectivity index (χ3n) is 4.42. The van der Waals surface area contributed by atoms with Gasteiger partial charge >= 0.3 is 23.9 Å². The average molecular weight is 439 g/mol. The van der Waals surface area contributed by atoms with E-state index in [2.05, 4.69) is 18.4 Å². The topological polar surface area (TPSA) is 105 Å². The van der Waals surface area contributed by atoms with E-state index in [1.165, 1.54) is 33.8 Å². The first-order chi connectivity index (χ1) is 14.7. The molecule has 0 saturated carbocycles. The molecule has 0 aromatic carbocycles. The van der Waals surface area contributed by atoms with Crippen LogP contribution in [-0.4, -0.2) is 50.3 Å². The van der Waals surface area contributed by atoms with Crippen LogP contribution in [0.15, 0.2) is 12.7 Å². The highest BCUT2D eigenvalue weighted by atomic mass is 16.6. The van der Waals surface area contributed by atoms with Crippen LogP contribution < -0.4 is 0 Å². The summed E-state index contributed by atoms with van der Waals surface area (Å²) in [7, 11) is 0. The minimum atomic E-state index is -2.45. The average Bonchev–Trinajstić information content (AvgIpc) is 2.70. The van der Waals surface area contributed by atoms with Gasteiger partial charge in [-0.15, -0.1) is 18.4 Å². The van der Waals surface area contributed by atoms with Crippen LogP contribution in [0.3, 0.4) is 0 Å². The quantitative estimate of drug-likeness (QED) is 0.151. The molecule has 31 heavy (non-hydrogen) atoms. The second kappa shape index (κ2) is 13.5. The van der Waals surface area contributed by atoms with E-state index >= 15 is 0 Å². The molecule has 0 aliphatic heterocycles. The van der Waals surface area contributed by atoms with E-state index in [1.54, 1.807) is 0 Å². The Morgan fingerprint density at radius 1 is 0.774 bits per heavy atom. The van der Waals surface area contributed by atoms with Gasteiger partial charge in [-0.3, -0.25) is 19.2 Å². The van der Waals surface area contributed by atoms with Crippen molar-refractivity contribution in [2.45, 2.75) is 54.4 Å². The van der Waals surface area contributed by atoms with Crippen molar-refractivity contribution in [3.63, 3.8) is 0 Å². The summed E-state index contributed by atoms with van der Waals surface area (Å²) < 4.78 is 20.7. The monoisotopic (exact) mass is 438 g/mol. The fraction of sp³-hybridized carbons (Fsp3) is 0.652. The maximum Gasteiger partial charge on any atom is 0.326 e.